The first-order chi connectivity index (χ1) is 8.70. The number of hydrogen-bond acceptors (Lipinski definition) is 4. The van der Waals surface area contributed by atoms with E-state index in [-0.39, 0.29) is 0 Å². The fourth-order valence-electron chi connectivity index (χ4n) is 1.46. The Morgan fingerprint density at radius 2 is 2.22 bits per heavy atom. The van der Waals surface area contributed by atoms with E-state index in [9.17, 15) is 0 Å². The highest BCUT2D eigenvalue weighted by Gasteiger charge is 2.06. The normalized spacial score (nSPS) is 10.0. The minimum Gasteiger partial charge on any atom is -0.398 e. The van der Waals surface area contributed by atoms with Gasteiger partial charge >= 0.3 is 0 Å². The van der Waals surface area contributed by atoms with Crippen molar-refractivity contribution in [3.8, 4) is 6.07 Å². The summed E-state index contributed by atoms with van der Waals surface area (Å²) in [6.45, 7) is 0. The minimum absolute atomic E-state index is 0.417. The van der Waals surface area contributed by atoms with E-state index in [2.05, 4.69) is 4.98 Å². The largest absolute Gasteiger partial charge is 0.398 e. The maximum atomic E-state index is 8.78. The standard InChI is InChI=1S/C13H10ClN3S/c14-11-2-1-3-12(16)13(11)18-8-9-4-5-17-10(6-9)7-15/h1-6H,8,16H2. The summed E-state index contributed by atoms with van der Waals surface area (Å²) in [5, 5.41) is 9.42. The summed E-state index contributed by atoms with van der Waals surface area (Å²) in [5.41, 5.74) is 7.98. The monoisotopic (exact) mass is 275 g/mol. The molecule has 1 aromatic heterocycles. The van der Waals surface area contributed by atoms with Gasteiger partial charge in [0.25, 0.3) is 0 Å². The van der Waals surface area contributed by atoms with E-state index in [1.54, 1.807) is 24.0 Å². The zero-order valence-corrected chi connectivity index (χ0v) is 11.0. The Labute approximate surface area is 115 Å². The predicted molar refractivity (Wildman–Crippen MR) is 74.4 cm³/mol. The van der Waals surface area contributed by atoms with Crippen LogP contribution in [0.2, 0.25) is 5.02 Å². The molecule has 0 saturated carbocycles. The summed E-state index contributed by atoms with van der Waals surface area (Å²) in [6, 6.07) is 11.1. The Kier molecular flexibility index (Phi) is 4.08. The molecule has 5 heteroatoms. The molecule has 0 saturated heterocycles. The Morgan fingerprint density at radius 1 is 1.39 bits per heavy atom. The Balaban J connectivity index is 2.14. The molecule has 2 N–H and O–H groups in total. The number of hydrogen-bond donors (Lipinski definition) is 1. The van der Waals surface area contributed by atoms with E-state index in [1.165, 1.54) is 0 Å². The van der Waals surface area contributed by atoms with Gasteiger partial charge in [0.1, 0.15) is 11.8 Å². The highest BCUT2D eigenvalue weighted by atomic mass is 35.5. The molecule has 0 radical (unpaired) electrons. The third-order valence-electron chi connectivity index (χ3n) is 2.32. The molecule has 18 heavy (non-hydrogen) atoms. The Morgan fingerprint density at radius 3 is 2.94 bits per heavy atom. The number of aromatic nitrogens is 1. The van der Waals surface area contributed by atoms with Gasteiger partial charge < -0.3 is 5.73 Å². The number of rotatable bonds is 3. The van der Waals surface area contributed by atoms with Gasteiger partial charge in [-0.1, -0.05) is 17.7 Å². The first kappa shape index (κ1) is 12.7. The molecule has 0 atom stereocenters. The molecule has 0 aliphatic carbocycles. The number of halogens is 1. The number of anilines is 1. The van der Waals surface area contributed by atoms with Gasteiger partial charge in [0, 0.05) is 22.5 Å². The second-order valence-corrected chi connectivity index (χ2v) is 5.00. The lowest BCUT2D eigenvalue weighted by molar-refractivity contribution is 1.22. The van der Waals surface area contributed by atoms with Crippen LogP contribution in [0.15, 0.2) is 41.4 Å². The van der Waals surface area contributed by atoms with Crippen LogP contribution in [0.3, 0.4) is 0 Å². The van der Waals surface area contributed by atoms with E-state index in [4.69, 9.17) is 22.6 Å². The van der Waals surface area contributed by atoms with Crippen LogP contribution in [0.25, 0.3) is 0 Å². The lowest BCUT2D eigenvalue weighted by Crippen LogP contribution is -1.90. The van der Waals surface area contributed by atoms with Gasteiger partial charge in [-0.25, -0.2) is 4.98 Å². The van der Waals surface area contributed by atoms with Crippen LogP contribution in [-0.2, 0) is 5.75 Å². The highest BCUT2D eigenvalue weighted by Crippen LogP contribution is 2.34. The lowest BCUT2D eigenvalue weighted by atomic mass is 10.2. The maximum absolute atomic E-state index is 8.78. The molecule has 0 bridgehead atoms. The van der Waals surface area contributed by atoms with Crippen molar-refractivity contribution < 1.29 is 0 Å². The number of nitriles is 1. The quantitative estimate of drug-likeness (QED) is 0.688. The van der Waals surface area contributed by atoms with Crippen LogP contribution in [0, 0.1) is 11.3 Å². The summed E-state index contributed by atoms with van der Waals surface area (Å²) in [7, 11) is 0. The average molecular weight is 276 g/mol. The SMILES string of the molecule is N#Cc1cc(CSc2c(N)cccc2Cl)ccn1. The van der Waals surface area contributed by atoms with Gasteiger partial charge in [-0.05, 0) is 29.8 Å². The summed E-state index contributed by atoms with van der Waals surface area (Å²) in [5.74, 6) is 0.700. The van der Waals surface area contributed by atoms with Crippen LogP contribution in [-0.4, -0.2) is 4.98 Å². The molecule has 0 aliphatic heterocycles. The molecule has 1 aromatic carbocycles. The van der Waals surface area contributed by atoms with Crippen molar-refractivity contribution in [3.63, 3.8) is 0 Å². The molecule has 0 unspecified atom stereocenters. The van der Waals surface area contributed by atoms with E-state index in [1.807, 2.05) is 30.3 Å². The molecule has 90 valence electrons. The zero-order valence-electron chi connectivity index (χ0n) is 9.43. The molecule has 0 aliphatic rings. The fourth-order valence-corrected chi connectivity index (χ4v) is 2.74. The van der Waals surface area contributed by atoms with E-state index in [0.717, 1.165) is 10.5 Å². The van der Waals surface area contributed by atoms with Crippen molar-refractivity contribution in [1.29, 1.82) is 5.26 Å². The third-order valence-corrected chi connectivity index (χ3v) is 3.97. The third kappa shape index (κ3) is 2.95. The second-order valence-electron chi connectivity index (χ2n) is 3.61. The Hall–Kier alpha value is -1.70. The summed E-state index contributed by atoms with van der Waals surface area (Å²) < 4.78 is 0. The molecular formula is C13H10ClN3S. The molecule has 1 heterocycles. The summed E-state index contributed by atoms with van der Waals surface area (Å²) >= 11 is 7.64. The number of nitrogens with zero attached hydrogens (tertiary/aromatic N) is 2. The van der Waals surface area contributed by atoms with Crippen molar-refractivity contribution in [2.75, 3.05) is 5.73 Å². The van der Waals surface area contributed by atoms with Gasteiger partial charge in [-0.15, -0.1) is 11.8 Å². The van der Waals surface area contributed by atoms with Crippen LogP contribution in [0.5, 0.6) is 0 Å². The van der Waals surface area contributed by atoms with Crippen LogP contribution in [0.1, 0.15) is 11.3 Å². The first-order valence-electron chi connectivity index (χ1n) is 5.22. The molecule has 0 spiro atoms. The van der Waals surface area contributed by atoms with Crippen molar-refractivity contribution in [2.45, 2.75) is 10.6 Å². The van der Waals surface area contributed by atoms with Crippen molar-refractivity contribution in [2.24, 2.45) is 0 Å². The average Bonchev–Trinajstić information content (AvgIpc) is 2.38. The number of benzene rings is 1. The van der Waals surface area contributed by atoms with Gasteiger partial charge in [-0.3, -0.25) is 0 Å². The molecule has 2 aromatic rings. The number of nitrogen functional groups attached to an aromatic ring is 1. The summed E-state index contributed by atoms with van der Waals surface area (Å²) in [4.78, 5) is 4.80. The van der Waals surface area contributed by atoms with Crippen molar-refractivity contribution in [3.05, 3.63) is 52.8 Å². The van der Waals surface area contributed by atoms with E-state index >= 15 is 0 Å². The molecular weight excluding hydrogens is 266 g/mol. The number of thioether (sulfide) groups is 1. The minimum atomic E-state index is 0.417. The van der Waals surface area contributed by atoms with Gasteiger partial charge in [0.2, 0.25) is 0 Å². The zero-order chi connectivity index (χ0) is 13.0. The Bertz CT molecular complexity index is 587. The molecule has 0 fully saturated rings. The fraction of sp³-hybridized carbons (Fsp3) is 0.0769. The molecule has 3 nitrogen and oxygen atoms in total. The smallest absolute Gasteiger partial charge is 0.140 e. The maximum Gasteiger partial charge on any atom is 0.140 e. The van der Waals surface area contributed by atoms with E-state index < -0.39 is 0 Å². The number of nitrogens with two attached hydrogens (primary N) is 1. The lowest BCUT2D eigenvalue weighted by Gasteiger charge is -2.07. The predicted octanol–water partition coefficient (Wildman–Crippen LogP) is 3.48. The van der Waals surface area contributed by atoms with Gasteiger partial charge in [0.05, 0.1) is 5.02 Å². The van der Waals surface area contributed by atoms with Crippen molar-refractivity contribution in [1.82, 2.24) is 4.98 Å². The van der Waals surface area contributed by atoms with Gasteiger partial charge in [-0.2, -0.15) is 5.26 Å². The molecule has 0 amide bonds. The summed E-state index contributed by atoms with van der Waals surface area (Å²) in [6.07, 6.45) is 1.63. The van der Waals surface area contributed by atoms with Crippen LogP contribution >= 0.6 is 23.4 Å². The van der Waals surface area contributed by atoms with Gasteiger partial charge in [0.15, 0.2) is 0 Å². The second kappa shape index (κ2) is 5.76. The van der Waals surface area contributed by atoms with Crippen molar-refractivity contribution >= 4 is 29.1 Å². The highest BCUT2D eigenvalue weighted by molar-refractivity contribution is 7.98. The first-order valence-corrected chi connectivity index (χ1v) is 6.59. The topological polar surface area (TPSA) is 62.7 Å². The number of pyridine rings is 1. The van der Waals surface area contributed by atoms with E-state index in [0.29, 0.717) is 22.2 Å². The molecule has 2 rings (SSSR count). The van der Waals surface area contributed by atoms with Crippen LogP contribution < -0.4 is 5.73 Å². The van der Waals surface area contributed by atoms with Crippen LogP contribution in [0.4, 0.5) is 5.69 Å².